The van der Waals surface area contributed by atoms with Gasteiger partial charge in [-0.1, -0.05) is 101 Å². The van der Waals surface area contributed by atoms with Crippen molar-refractivity contribution in [1.29, 1.82) is 0 Å². The predicted molar refractivity (Wildman–Crippen MR) is 182 cm³/mol. The molecule has 0 unspecified atom stereocenters. The zero-order valence-corrected chi connectivity index (χ0v) is 27.2. The van der Waals surface area contributed by atoms with Crippen LogP contribution in [0.4, 0.5) is 4.79 Å². The third-order valence-electron chi connectivity index (χ3n) is 7.81. The lowest BCUT2D eigenvalue weighted by Gasteiger charge is -2.37. The van der Waals surface area contributed by atoms with Crippen LogP contribution in [0.15, 0.2) is 84.9 Å². The van der Waals surface area contributed by atoms with Crippen LogP contribution in [0, 0.1) is 0 Å². The number of nitrogens with two attached hydrogens (primary N) is 1. The molecule has 0 aliphatic carbocycles. The van der Waals surface area contributed by atoms with Crippen LogP contribution in [0.1, 0.15) is 48.8 Å². The van der Waals surface area contributed by atoms with Crippen molar-refractivity contribution in [2.45, 2.75) is 63.6 Å². The molecule has 1 fully saturated rings. The first-order valence-corrected chi connectivity index (χ1v) is 18.0. The SMILES string of the molecule is NC(=O)[C@@H](Cc1ccccc1)N1CCCCSSCCCCCN(C(=O)OCc2ccccc2)[C@@H](Cc2ccc(O)cc2)C1=O. The van der Waals surface area contributed by atoms with E-state index in [1.165, 1.54) is 4.90 Å². The van der Waals surface area contributed by atoms with E-state index in [1.807, 2.05) is 82.3 Å². The fourth-order valence-electron chi connectivity index (χ4n) is 5.36. The molecule has 3 N–H and O–H groups in total. The van der Waals surface area contributed by atoms with Crippen LogP contribution in [0.25, 0.3) is 0 Å². The number of hydrogen-bond acceptors (Lipinski definition) is 7. The Morgan fingerprint density at radius 2 is 1.40 bits per heavy atom. The summed E-state index contributed by atoms with van der Waals surface area (Å²) >= 11 is 0. The number of amides is 3. The maximum Gasteiger partial charge on any atom is 0.410 e. The van der Waals surface area contributed by atoms with Crippen molar-refractivity contribution in [2.75, 3.05) is 24.6 Å². The molecule has 8 nitrogen and oxygen atoms in total. The molecule has 45 heavy (non-hydrogen) atoms. The number of carbonyl (C=O) groups excluding carboxylic acids is 3. The van der Waals surface area contributed by atoms with Crippen LogP contribution in [0.5, 0.6) is 5.75 Å². The lowest BCUT2D eigenvalue weighted by molar-refractivity contribution is -0.143. The number of primary amides is 1. The summed E-state index contributed by atoms with van der Waals surface area (Å²) in [4.78, 5) is 44.8. The Morgan fingerprint density at radius 1 is 0.800 bits per heavy atom. The highest BCUT2D eigenvalue weighted by Crippen LogP contribution is 2.26. The molecule has 0 radical (unpaired) electrons. The molecule has 0 aromatic heterocycles. The number of ether oxygens (including phenoxy) is 1. The van der Waals surface area contributed by atoms with Gasteiger partial charge < -0.3 is 20.5 Å². The van der Waals surface area contributed by atoms with E-state index in [0.717, 1.165) is 47.5 Å². The molecule has 0 spiro atoms. The highest BCUT2D eigenvalue weighted by Gasteiger charge is 2.38. The molecule has 1 aliphatic rings. The van der Waals surface area contributed by atoms with Crippen molar-refractivity contribution in [1.82, 2.24) is 9.80 Å². The van der Waals surface area contributed by atoms with E-state index >= 15 is 0 Å². The Bertz CT molecular complexity index is 1340. The fourth-order valence-corrected chi connectivity index (χ4v) is 7.65. The van der Waals surface area contributed by atoms with Gasteiger partial charge in [-0.25, -0.2) is 4.79 Å². The zero-order chi connectivity index (χ0) is 31.9. The van der Waals surface area contributed by atoms with Crippen LogP contribution >= 0.6 is 21.6 Å². The summed E-state index contributed by atoms with van der Waals surface area (Å²) in [7, 11) is 3.69. The van der Waals surface area contributed by atoms with Gasteiger partial charge in [-0.15, -0.1) is 0 Å². The van der Waals surface area contributed by atoms with Crippen LogP contribution in [-0.2, 0) is 33.8 Å². The van der Waals surface area contributed by atoms with Crippen LogP contribution < -0.4 is 5.73 Å². The van der Waals surface area contributed by atoms with E-state index in [4.69, 9.17) is 10.5 Å². The third-order valence-corrected chi connectivity index (χ3v) is 10.4. The zero-order valence-electron chi connectivity index (χ0n) is 25.6. The first kappa shape index (κ1) is 34.2. The molecular weight excluding hydrogens is 607 g/mol. The number of benzene rings is 3. The monoisotopic (exact) mass is 649 g/mol. The molecule has 1 saturated heterocycles. The van der Waals surface area contributed by atoms with Crippen molar-refractivity contribution in [3.05, 3.63) is 102 Å². The van der Waals surface area contributed by atoms with Crippen molar-refractivity contribution >= 4 is 39.5 Å². The molecule has 0 bridgehead atoms. The molecule has 10 heteroatoms. The maximum absolute atomic E-state index is 14.8. The number of carbonyl (C=O) groups is 3. The van der Waals surface area contributed by atoms with Gasteiger partial charge in [0.15, 0.2) is 0 Å². The summed E-state index contributed by atoms with van der Waals surface area (Å²) < 4.78 is 5.81. The highest BCUT2D eigenvalue weighted by atomic mass is 33.1. The summed E-state index contributed by atoms with van der Waals surface area (Å²) in [5.41, 5.74) is 8.52. The molecule has 240 valence electrons. The third kappa shape index (κ3) is 11.0. The molecule has 0 saturated carbocycles. The molecule has 1 aliphatic heterocycles. The van der Waals surface area contributed by atoms with E-state index in [2.05, 4.69) is 0 Å². The molecule has 4 rings (SSSR count). The summed E-state index contributed by atoms with van der Waals surface area (Å²) in [6.07, 6.45) is 4.07. The molecule has 3 aromatic rings. The summed E-state index contributed by atoms with van der Waals surface area (Å²) in [6, 6.07) is 23.8. The molecular formula is C35H43N3O5S2. The van der Waals surface area contributed by atoms with Crippen LogP contribution in [-0.4, -0.2) is 69.5 Å². The number of aromatic hydroxyl groups is 1. The van der Waals surface area contributed by atoms with Crippen molar-refractivity contribution in [3.63, 3.8) is 0 Å². The smallest absolute Gasteiger partial charge is 0.410 e. The number of nitrogens with zero attached hydrogens (tertiary/aromatic N) is 2. The fraction of sp³-hybridized carbons (Fsp3) is 0.400. The Hall–Kier alpha value is -3.63. The quantitative estimate of drug-likeness (QED) is 0.279. The van der Waals surface area contributed by atoms with Crippen molar-refractivity contribution in [3.8, 4) is 5.75 Å². The van der Waals surface area contributed by atoms with E-state index in [-0.39, 0.29) is 31.1 Å². The first-order chi connectivity index (χ1) is 21.9. The second-order valence-electron chi connectivity index (χ2n) is 11.2. The molecule has 3 amide bonds. The molecule has 2 atom stereocenters. The topological polar surface area (TPSA) is 113 Å². The molecule has 1 heterocycles. The van der Waals surface area contributed by atoms with Crippen molar-refractivity contribution < 1.29 is 24.2 Å². The normalized spacial score (nSPS) is 18.0. The number of hydrogen-bond donors (Lipinski definition) is 2. The lowest BCUT2D eigenvalue weighted by atomic mass is 9.99. The summed E-state index contributed by atoms with van der Waals surface area (Å²) in [6.45, 7) is 0.739. The summed E-state index contributed by atoms with van der Waals surface area (Å²) in [5.74, 6) is 1.15. The highest BCUT2D eigenvalue weighted by molar-refractivity contribution is 8.76. The Balaban J connectivity index is 1.71. The molecule has 3 aromatic carbocycles. The van der Waals surface area contributed by atoms with Gasteiger partial charge in [0.2, 0.25) is 11.8 Å². The number of rotatable bonds is 8. The Labute approximate surface area is 274 Å². The van der Waals surface area contributed by atoms with E-state index in [0.29, 0.717) is 25.9 Å². The first-order valence-electron chi connectivity index (χ1n) is 15.6. The van der Waals surface area contributed by atoms with Gasteiger partial charge in [-0.3, -0.25) is 14.5 Å². The average Bonchev–Trinajstić information content (AvgIpc) is 3.06. The van der Waals surface area contributed by atoms with Gasteiger partial charge in [0.25, 0.3) is 0 Å². The van der Waals surface area contributed by atoms with Gasteiger partial charge >= 0.3 is 6.09 Å². The maximum atomic E-state index is 14.8. The van der Waals surface area contributed by atoms with Crippen LogP contribution in [0.2, 0.25) is 0 Å². The minimum atomic E-state index is -0.940. The van der Waals surface area contributed by atoms with Gasteiger partial charge in [0.05, 0.1) is 0 Å². The van der Waals surface area contributed by atoms with Crippen molar-refractivity contribution in [2.24, 2.45) is 5.73 Å². The van der Waals surface area contributed by atoms with Gasteiger partial charge in [-0.05, 0) is 54.5 Å². The van der Waals surface area contributed by atoms with Gasteiger partial charge in [-0.2, -0.15) is 0 Å². The van der Waals surface area contributed by atoms with E-state index in [9.17, 15) is 19.5 Å². The number of phenolic OH excluding ortho intramolecular Hbond substituents is 1. The van der Waals surface area contributed by atoms with E-state index < -0.39 is 24.1 Å². The van der Waals surface area contributed by atoms with E-state index in [1.54, 1.807) is 29.2 Å². The predicted octanol–water partition coefficient (Wildman–Crippen LogP) is 6.21. The van der Waals surface area contributed by atoms with Gasteiger partial charge in [0.1, 0.15) is 24.4 Å². The lowest BCUT2D eigenvalue weighted by Crippen LogP contribution is -2.58. The standard InChI is InChI=1S/C35H43N3O5S2/c36-33(40)31(24-27-12-4-1-5-13-27)37-20-9-11-23-45-44-22-10-3-8-21-38(35(42)43-26-29-14-6-2-7-15-29)32(34(37)41)25-28-16-18-30(39)19-17-28/h1-2,4-7,12-19,31-32,39H,3,8-11,20-26H2,(H2,36,40)/t31-,32+/m1/s1. The minimum Gasteiger partial charge on any atom is -0.508 e. The Morgan fingerprint density at radius 3 is 2.04 bits per heavy atom. The second-order valence-corrected chi connectivity index (χ2v) is 13.9. The summed E-state index contributed by atoms with van der Waals surface area (Å²) in [5, 5.41) is 9.92. The number of phenols is 1. The van der Waals surface area contributed by atoms with Gasteiger partial charge in [0, 0.05) is 37.4 Å². The Kier molecular flexibility index (Phi) is 14.0. The largest absolute Gasteiger partial charge is 0.508 e. The average molecular weight is 650 g/mol. The van der Waals surface area contributed by atoms with Crippen LogP contribution in [0.3, 0.4) is 0 Å². The second kappa shape index (κ2) is 18.4. The minimum absolute atomic E-state index is 0.0752.